The number of halogens is 1. The summed E-state index contributed by atoms with van der Waals surface area (Å²) < 4.78 is 17.7. The first-order valence-corrected chi connectivity index (χ1v) is 4.84. The first-order chi connectivity index (χ1) is 8.06. The van der Waals surface area contributed by atoms with E-state index in [2.05, 4.69) is 4.74 Å². The standard InChI is InChI=1S/C11H10FNO4/c1-2-17-11(14)9(12)7-8-5-3-4-6-10(8)13(15)16/h3-7H,2H2,1H3/b9-7-. The minimum absolute atomic E-state index is 0.0167. The van der Waals surface area contributed by atoms with Crippen molar-refractivity contribution in [3.05, 3.63) is 45.8 Å². The van der Waals surface area contributed by atoms with Gasteiger partial charge < -0.3 is 4.74 Å². The number of carbonyl (C=O) groups is 1. The van der Waals surface area contributed by atoms with Crippen LogP contribution in [-0.4, -0.2) is 17.5 Å². The minimum Gasteiger partial charge on any atom is -0.461 e. The summed E-state index contributed by atoms with van der Waals surface area (Å²) in [4.78, 5) is 21.0. The molecule has 0 saturated carbocycles. The van der Waals surface area contributed by atoms with E-state index in [9.17, 15) is 19.3 Å². The van der Waals surface area contributed by atoms with Crippen LogP contribution < -0.4 is 0 Å². The molecule has 1 aromatic rings. The van der Waals surface area contributed by atoms with Crippen LogP contribution in [0.1, 0.15) is 12.5 Å². The number of hydrogen-bond acceptors (Lipinski definition) is 4. The molecule has 0 saturated heterocycles. The van der Waals surface area contributed by atoms with Crippen molar-refractivity contribution in [1.29, 1.82) is 0 Å². The van der Waals surface area contributed by atoms with E-state index >= 15 is 0 Å². The maximum atomic E-state index is 13.3. The van der Waals surface area contributed by atoms with Gasteiger partial charge in [-0.25, -0.2) is 4.79 Å². The summed E-state index contributed by atoms with van der Waals surface area (Å²) in [7, 11) is 0. The third-order valence-electron chi connectivity index (χ3n) is 1.89. The Morgan fingerprint density at radius 2 is 2.18 bits per heavy atom. The Morgan fingerprint density at radius 1 is 1.53 bits per heavy atom. The van der Waals surface area contributed by atoms with Crippen LogP contribution >= 0.6 is 0 Å². The van der Waals surface area contributed by atoms with Gasteiger partial charge in [-0.15, -0.1) is 0 Å². The molecule has 0 radical (unpaired) electrons. The Morgan fingerprint density at radius 3 is 2.76 bits per heavy atom. The topological polar surface area (TPSA) is 69.4 Å². The Hall–Kier alpha value is -2.24. The zero-order valence-electron chi connectivity index (χ0n) is 9.05. The highest BCUT2D eigenvalue weighted by Gasteiger charge is 2.15. The van der Waals surface area contributed by atoms with Gasteiger partial charge in [0.05, 0.1) is 17.1 Å². The summed E-state index contributed by atoms with van der Waals surface area (Å²) in [5.74, 6) is -2.30. The van der Waals surface area contributed by atoms with Gasteiger partial charge in [0.2, 0.25) is 5.83 Å². The molecule has 0 aliphatic heterocycles. The van der Waals surface area contributed by atoms with Gasteiger partial charge in [-0.2, -0.15) is 4.39 Å². The Kier molecular flexibility index (Phi) is 4.33. The normalized spacial score (nSPS) is 11.1. The van der Waals surface area contributed by atoms with Crippen LogP contribution in [0.4, 0.5) is 10.1 Å². The quantitative estimate of drug-likeness (QED) is 0.350. The summed E-state index contributed by atoms with van der Waals surface area (Å²) in [6.07, 6.45) is 0.788. The Labute approximate surface area is 96.7 Å². The molecule has 0 N–H and O–H groups in total. The molecule has 0 bridgehead atoms. The largest absolute Gasteiger partial charge is 0.461 e. The molecule has 0 aromatic heterocycles. The van der Waals surface area contributed by atoms with Crippen molar-refractivity contribution >= 4 is 17.7 Å². The number of nitrogens with zero attached hydrogens (tertiary/aromatic N) is 1. The fraction of sp³-hybridized carbons (Fsp3) is 0.182. The second kappa shape index (κ2) is 5.74. The molecule has 6 heteroatoms. The van der Waals surface area contributed by atoms with E-state index in [4.69, 9.17) is 0 Å². The summed E-state index contributed by atoms with van der Waals surface area (Å²) in [5.41, 5.74) is -0.255. The predicted molar refractivity (Wildman–Crippen MR) is 58.8 cm³/mol. The van der Waals surface area contributed by atoms with E-state index in [1.165, 1.54) is 31.2 Å². The molecule has 0 amide bonds. The van der Waals surface area contributed by atoms with E-state index < -0.39 is 16.7 Å². The summed E-state index contributed by atoms with van der Waals surface area (Å²) in [6, 6.07) is 5.54. The van der Waals surface area contributed by atoms with Crippen molar-refractivity contribution in [2.75, 3.05) is 6.61 Å². The van der Waals surface area contributed by atoms with Crippen LogP contribution in [0.25, 0.3) is 6.08 Å². The zero-order valence-corrected chi connectivity index (χ0v) is 9.05. The number of rotatable bonds is 4. The molecule has 0 spiro atoms. The van der Waals surface area contributed by atoms with Gasteiger partial charge in [0.15, 0.2) is 0 Å². The van der Waals surface area contributed by atoms with E-state index in [1.54, 1.807) is 0 Å². The number of nitro benzene ring substituents is 1. The van der Waals surface area contributed by atoms with Gasteiger partial charge in [0.1, 0.15) is 0 Å². The molecule has 17 heavy (non-hydrogen) atoms. The van der Waals surface area contributed by atoms with Gasteiger partial charge in [0.25, 0.3) is 5.69 Å². The van der Waals surface area contributed by atoms with Crippen molar-refractivity contribution in [2.45, 2.75) is 6.92 Å². The first-order valence-electron chi connectivity index (χ1n) is 4.84. The van der Waals surface area contributed by atoms with Gasteiger partial charge in [-0.05, 0) is 19.1 Å². The lowest BCUT2D eigenvalue weighted by Crippen LogP contribution is -2.04. The van der Waals surface area contributed by atoms with Crippen molar-refractivity contribution in [1.82, 2.24) is 0 Å². The number of nitro groups is 1. The monoisotopic (exact) mass is 239 g/mol. The van der Waals surface area contributed by atoms with Crippen molar-refractivity contribution in [3.8, 4) is 0 Å². The van der Waals surface area contributed by atoms with Gasteiger partial charge >= 0.3 is 5.97 Å². The fourth-order valence-electron chi connectivity index (χ4n) is 1.17. The van der Waals surface area contributed by atoms with Crippen molar-refractivity contribution < 1.29 is 18.8 Å². The zero-order chi connectivity index (χ0) is 12.8. The van der Waals surface area contributed by atoms with Crippen LogP contribution in [0, 0.1) is 10.1 Å². The number of carbonyl (C=O) groups excluding carboxylic acids is 1. The Bertz CT molecular complexity index is 470. The second-order valence-corrected chi connectivity index (χ2v) is 3.03. The molecule has 0 atom stereocenters. The third kappa shape index (κ3) is 3.37. The fourth-order valence-corrected chi connectivity index (χ4v) is 1.17. The van der Waals surface area contributed by atoms with Crippen molar-refractivity contribution in [2.24, 2.45) is 0 Å². The van der Waals surface area contributed by atoms with Crippen LogP contribution in [0.2, 0.25) is 0 Å². The molecule has 0 aliphatic rings. The highest BCUT2D eigenvalue weighted by Crippen LogP contribution is 2.21. The maximum Gasteiger partial charge on any atom is 0.367 e. The summed E-state index contributed by atoms with van der Waals surface area (Å²) >= 11 is 0. The number of benzene rings is 1. The summed E-state index contributed by atoms with van der Waals surface area (Å²) in [6.45, 7) is 1.58. The lowest BCUT2D eigenvalue weighted by molar-refractivity contribution is -0.385. The lowest BCUT2D eigenvalue weighted by atomic mass is 10.1. The van der Waals surface area contributed by atoms with Crippen molar-refractivity contribution in [3.63, 3.8) is 0 Å². The SMILES string of the molecule is CCOC(=O)/C(F)=C/c1ccccc1[N+](=O)[O-]. The van der Waals surface area contributed by atoms with Crippen LogP contribution in [0.3, 0.4) is 0 Å². The van der Waals surface area contributed by atoms with Gasteiger partial charge in [-0.3, -0.25) is 10.1 Å². The molecular weight excluding hydrogens is 229 g/mol. The molecule has 0 fully saturated rings. The van der Waals surface area contributed by atoms with Gasteiger partial charge in [-0.1, -0.05) is 12.1 Å². The molecule has 90 valence electrons. The van der Waals surface area contributed by atoms with Crippen LogP contribution in [0.15, 0.2) is 30.1 Å². The highest BCUT2D eigenvalue weighted by atomic mass is 19.1. The molecule has 0 unspecified atom stereocenters. The number of para-hydroxylation sites is 1. The molecule has 5 nitrogen and oxygen atoms in total. The van der Waals surface area contributed by atoms with E-state index in [0.29, 0.717) is 0 Å². The summed E-state index contributed by atoms with van der Waals surface area (Å²) in [5, 5.41) is 10.6. The lowest BCUT2D eigenvalue weighted by Gasteiger charge is -1.99. The molecule has 1 rings (SSSR count). The average Bonchev–Trinajstić information content (AvgIpc) is 2.29. The predicted octanol–water partition coefficient (Wildman–Crippen LogP) is 2.47. The maximum absolute atomic E-state index is 13.3. The molecular formula is C11H10FNO4. The van der Waals surface area contributed by atoms with Crippen LogP contribution in [0.5, 0.6) is 0 Å². The first kappa shape index (κ1) is 12.8. The molecule has 0 aliphatic carbocycles. The second-order valence-electron chi connectivity index (χ2n) is 3.03. The van der Waals surface area contributed by atoms with E-state index in [1.807, 2.05) is 0 Å². The Balaban J connectivity index is 3.05. The number of esters is 1. The third-order valence-corrected chi connectivity index (χ3v) is 1.89. The van der Waals surface area contributed by atoms with Crippen LogP contribution in [-0.2, 0) is 9.53 Å². The molecule has 0 heterocycles. The number of hydrogen-bond donors (Lipinski definition) is 0. The number of ether oxygens (including phenoxy) is 1. The smallest absolute Gasteiger partial charge is 0.367 e. The minimum atomic E-state index is -1.17. The molecule has 1 aromatic carbocycles. The highest BCUT2D eigenvalue weighted by molar-refractivity contribution is 5.91. The van der Waals surface area contributed by atoms with E-state index in [0.717, 1.165) is 6.08 Å². The van der Waals surface area contributed by atoms with E-state index in [-0.39, 0.29) is 17.9 Å². The van der Waals surface area contributed by atoms with Gasteiger partial charge in [0, 0.05) is 6.07 Å². The average molecular weight is 239 g/mol.